The molecule has 2 N–H and O–H groups in total. The van der Waals surface area contributed by atoms with E-state index in [2.05, 4.69) is 4.72 Å². The zero-order valence-corrected chi connectivity index (χ0v) is 13.3. The van der Waals surface area contributed by atoms with Crippen LogP contribution in [0.25, 0.3) is 0 Å². The Kier molecular flexibility index (Phi) is 5.06. The fourth-order valence-corrected chi connectivity index (χ4v) is 4.09. The molecule has 0 aliphatic heterocycles. The minimum absolute atomic E-state index is 0.0185. The van der Waals surface area contributed by atoms with Crippen molar-refractivity contribution in [1.82, 2.24) is 4.72 Å². The summed E-state index contributed by atoms with van der Waals surface area (Å²) in [6.07, 6.45) is 0. The third-order valence-corrected chi connectivity index (χ3v) is 5.56. The van der Waals surface area contributed by atoms with Crippen molar-refractivity contribution in [2.45, 2.75) is 18.0 Å². The Hall–Kier alpha value is -0.630. The molecular formula is C12H11Cl2NO3S2. The zero-order valence-electron chi connectivity index (χ0n) is 10.1. The van der Waals surface area contributed by atoms with E-state index in [1.54, 1.807) is 0 Å². The lowest BCUT2D eigenvalue weighted by atomic mass is 10.2. The predicted molar refractivity (Wildman–Crippen MR) is 80.7 cm³/mol. The van der Waals surface area contributed by atoms with Crippen LogP contribution >= 0.6 is 34.5 Å². The van der Waals surface area contributed by atoms with Crippen LogP contribution < -0.4 is 4.72 Å². The van der Waals surface area contributed by atoms with Crippen molar-refractivity contribution in [2.24, 2.45) is 0 Å². The number of aliphatic hydroxyl groups is 1. The summed E-state index contributed by atoms with van der Waals surface area (Å²) in [5.74, 6) is 0. The smallest absolute Gasteiger partial charge is 0.242 e. The Bertz CT molecular complexity index is 700. The monoisotopic (exact) mass is 351 g/mol. The molecule has 0 saturated carbocycles. The molecule has 0 bridgehead atoms. The molecule has 8 heteroatoms. The van der Waals surface area contributed by atoms with Gasteiger partial charge in [-0.05, 0) is 40.1 Å². The lowest BCUT2D eigenvalue weighted by molar-refractivity contribution is 0.281. The number of hydrogen-bond acceptors (Lipinski definition) is 4. The van der Waals surface area contributed by atoms with Crippen molar-refractivity contribution < 1.29 is 13.5 Å². The first-order valence-corrected chi connectivity index (χ1v) is 8.72. The number of halogens is 2. The summed E-state index contributed by atoms with van der Waals surface area (Å²) in [6.45, 7) is -0.178. The van der Waals surface area contributed by atoms with E-state index in [1.165, 1.54) is 23.5 Å². The number of rotatable bonds is 5. The van der Waals surface area contributed by atoms with E-state index in [0.29, 0.717) is 5.56 Å². The first-order chi connectivity index (χ1) is 9.44. The maximum Gasteiger partial charge on any atom is 0.242 e. The number of nitrogens with one attached hydrogen (secondary N) is 1. The molecule has 1 aromatic heterocycles. The summed E-state index contributed by atoms with van der Waals surface area (Å²) in [4.78, 5) is -0.0946. The first kappa shape index (κ1) is 15.8. The van der Waals surface area contributed by atoms with Crippen LogP contribution in [-0.4, -0.2) is 13.5 Å². The lowest BCUT2D eigenvalue weighted by Gasteiger charge is -2.10. The molecule has 0 aliphatic rings. The molecule has 0 aliphatic carbocycles. The SMILES string of the molecule is O=S(=O)(NCc1ccsc1)c1cc(CO)c(Cl)cc1Cl. The molecule has 0 radical (unpaired) electrons. The van der Waals surface area contributed by atoms with Crippen molar-refractivity contribution in [3.05, 3.63) is 50.1 Å². The molecule has 0 fully saturated rings. The van der Waals surface area contributed by atoms with Crippen LogP contribution in [0.2, 0.25) is 10.0 Å². The van der Waals surface area contributed by atoms with Crippen LogP contribution in [-0.2, 0) is 23.2 Å². The minimum atomic E-state index is -3.76. The number of thiophene rings is 1. The van der Waals surface area contributed by atoms with Crippen LogP contribution in [0.3, 0.4) is 0 Å². The van der Waals surface area contributed by atoms with Crippen molar-refractivity contribution >= 4 is 44.6 Å². The Balaban J connectivity index is 2.29. The van der Waals surface area contributed by atoms with E-state index in [9.17, 15) is 8.42 Å². The van der Waals surface area contributed by atoms with Gasteiger partial charge in [-0.1, -0.05) is 23.2 Å². The molecule has 1 aromatic carbocycles. The maximum absolute atomic E-state index is 12.2. The molecule has 20 heavy (non-hydrogen) atoms. The van der Waals surface area contributed by atoms with E-state index in [0.717, 1.165) is 5.56 Å². The minimum Gasteiger partial charge on any atom is -0.392 e. The summed E-state index contributed by atoms with van der Waals surface area (Å²) < 4.78 is 26.9. The Labute approximate surface area is 131 Å². The van der Waals surface area contributed by atoms with Crippen LogP contribution in [0.5, 0.6) is 0 Å². The van der Waals surface area contributed by atoms with E-state index < -0.39 is 10.0 Å². The molecule has 0 saturated heterocycles. The van der Waals surface area contributed by atoms with Gasteiger partial charge >= 0.3 is 0 Å². The number of aliphatic hydroxyl groups excluding tert-OH is 1. The highest BCUT2D eigenvalue weighted by atomic mass is 35.5. The second kappa shape index (κ2) is 6.43. The van der Waals surface area contributed by atoms with Gasteiger partial charge in [0.1, 0.15) is 4.90 Å². The Morgan fingerprint density at radius 1 is 1.25 bits per heavy atom. The molecule has 0 amide bonds. The third-order valence-electron chi connectivity index (χ3n) is 2.61. The van der Waals surface area contributed by atoms with Crippen LogP contribution in [0.4, 0.5) is 0 Å². The fourth-order valence-electron chi connectivity index (χ4n) is 1.55. The van der Waals surface area contributed by atoms with Crippen molar-refractivity contribution in [3.63, 3.8) is 0 Å². The van der Waals surface area contributed by atoms with Crippen LogP contribution in [0.1, 0.15) is 11.1 Å². The standard InChI is InChI=1S/C12H11Cl2NO3S2/c13-10-4-11(14)12(3-9(10)6-16)20(17,18)15-5-8-1-2-19-7-8/h1-4,7,15-16H,5-6H2. The van der Waals surface area contributed by atoms with Gasteiger partial charge in [0.15, 0.2) is 0 Å². The quantitative estimate of drug-likeness (QED) is 0.869. The normalized spacial score (nSPS) is 11.8. The van der Waals surface area contributed by atoms with E-state index in [4.69, 9.17) is 28.3 Å². The Morgan fingerprint density at radius 2 is 2.00 bits per heavy atom. The average molecular weight is 352 g/mol. The molecular weight excluding hydrogens is 341 g/mol. The van der Waals surface area contributed by atoms with Gasteiger partial charge in [-0.2, -0.15) is 11.3 Å². The molecule has 108 valence electrons. The van der Waals surface area contributed by atoms with Gasteiger partial charge < -0.3 is 5.11 Å². The highest BCUT2D eigenvalue weighted by Crippen LogP contribution is 2.28. The molecule has 0 unspecified atom stereocenters. The summed E-state index contributed by atoms with van der Waals surface area (Å²) in [6, 6.07) is 4.42. The molecule has 1 heterocycles. The highest BCUT2D eigenvalue weighted by Gasteiger charge is 2.19. The molecule has 0 atom stereocenters. The summed E-state index contributed by atoms with van der Waals surface area (Å²) in [5, 5.41) is 13.1. The lowest BCUT2D eigenvalue weighted by Crippen LogP contribution is -2.23. The first-order valence-electron chi connectivity index (χ1n) is 5.53. The van der Waals surface area contributed by atoms with Crippen molar-refractivity contribution in [1.29, 1.82) is 0 Å². The number of hydrogen-bond donors (Lipinski definition) is 2. The summed E-state index contributed by atoms with van der Waals surface area (Å²) in [5.41, 5.74) is 1.18. The molecule has 0 spiro atoms. The largest absolute Gasteiger partial charge is 0.392 e. The molecule has 2 aromatic rings. The maximum atomic E-state index is 12.2. The summed E-state index contributed by atoms with van der Waals surface area (Å²) in [7, 11) is -3.76. The van der Waals surface area contributed by atoms with Gasteiger partial charge in [0, 0.05) is 11.6 Å². The van der Waals surface area contributed by atoms with Gasteiger partial charge in [0.25, 0.3) is 0 Å². The van der Waals surface area contributed by atoms with E-state index in [1.807, 2.05) is 16.8 Å². The van der Waals surface area contributed by atoms with E-state index in [-0.39, 0.29) is 28.1 Å². The van der Waals surface area contributed by atoms with Gasteiger partial charge in [-0.25, -0.2) is 13.1 Å². The number of sulfonamides is 1. The Morgan fingerprint density at radius 3 is 2.60 bits per heavy atom. The second-order valence-electron chi connectivity index (χ2n) is 3.99. The molecule has 2 rings (SSSR count). The average Bonchev–Trinajstić information content (AvgIpc) is 2.89. The highest BCUT2D eigenvalue weighted by molar-refractivity contribution is 7.89. The topological polar surface area (TPSA) is 66.4 Å². The summed E-state index contributed by atoms with van der Waals surface area (Å²) >= 11 is 13.3. The van der Waals surface area contributed by atoms with Crippen LogP contribution in [0.15, 0.2) is 33.9 Å². The second-order valence-corrected chi connectivity index (χ2v) is 7.32. The van der Waals surface area contributed by atoms with Gasteiger partial charge in [0.2, 0.25) is 10.0 Å². The van der Waals surface area contributed by atoms with Crippen molar-refractivity contribution in [3.8, 4) is 0 Å². The van der Waals surface area contributed by atoms with Crippen molar-refractivity contribution in [2.75, 3.05) is 0 Å². The fraction of sp³-hybridized carbons (Fsp3) is 0.167. The predicted octanol–water partition coefficient (Wildman–Crippen LogP) is 3.03. The van der Waals surface area contributed by atoms with E-state index >= 15 is 0 Å². The van der Waals surface area contributed by atoms with Gasteiger partial charge in [-0.15, -0.1) is 0 Å². The number of benzene rings is 1. The zero-order chi connectivity index (χ0) is 14.8. The van der Waals surface area contributed by atoms with Gasteiger partial charge in [0.05, 0.1) is 11.6 Å². The van der Waals surface area contributed by atoms with Gasteiger partial charge in [-0.3, -0.25) is 0 Å². The van der Waals surface area contributed by atoms with Crippen LogP contribution in [0, 0.1) is 0 Å². The third kappa shape index (κ3) is 3.52. The molecule has 4 nitrogen and oxygen atoms in total.